The van der Waals surface area contributed by atoms with Crippen LogP contribution < -0.4 is 17.2 Å². The topological polar surface area (TPSA) is 95.9 Å². The summed E-state index contributed by atoms with van der Waals surface area (Å²) in [6, 6.07) is 14.5. The van der Waals surface area contributed by atoms with Crippen LogP contribution in [0.25, 0.3) is 5.69 Å². The van der Waals surface area contributed by atoms with Gasteiger partial charge in [0.25, 0.3) is 0 Å². The minimum Gasteiger partial charge on any atom is -0.403 e. The molecular weight excluding hydrogens is 414 g/mol. The number of nitrogens with zero attached hydrogens (tertiary/aromatic N) is 2. The van der Waals surface area contributed by atoms with E-state index in [1.54, 1.807) is 0 Å². The highest BCUT2D eigenvalue weighted by Crippen LogP contribution is 2.36. The van der Waals surface area contributed by atoms with Crippen molar-refractivity contribution in [3.05, 3.63) is 81.6 Å². The van der Waals surface area contributed by atoms with Crippen LogP contribution in [0.2, 0.25) is 0 Å². The van der Waals surface area contributed by atoms with Crippen molar-refractivity contribution in [1.29, 1.82) is 0 Å². The van der Waals surface area contributed by atoms with Crippen LogP contribution in [-0.2, 0) is 25.7 Å². The molecule has 3 aromatic rings. The third-order valence-electron chi connectivity index (χ3n) is 6.21. The van der Waals surface area contributed by atoms with Gasteiger partial charge < -0.3 is 17.2 Å². The Kier molecular flexibility index (Phi) is 6.80. The van der Waals surface area contributed by atoms with Crippen LogP contribution in [-0.4, -0.2) is 9.78 Å². The van der Waals surface area contributed by atoms with Crippen molar-refractivity contribution in [3.8, 4) is 5.69 Å². The summed E-state index contributed by atoms with van der Waals surface area (Å²) in [6.07, 6.45) is 8.95. The number of hydrogen-bond acceptors (Lipinski definition) is 5. The van der Waals surface area contributed by atoms with Crippen molar-refractivity contribution >= 4 is 17.4 Å². The summed E-state index contributed by atoms with van der Waals surface area (Å²) in [5, 5.41) is 6.00. The first-order valence-electron chi connectivity index (χ1n) is 11.4. The molecule has 6 heteroatoms. The van der Waals surface area contributed by atoms with Crippen LogP contribution in [0.4, 0.5) is 5.69 Å². The Morgan fingerprint density at radius 2 is 1.62 bits per heavy atom. The van der Waals surface area contributed by atoms with Gasteiger partial charge in [0.1, 0.15) is 5.03 Å². The summed E-state index contributed by atoms with van der Waals surface area (Å²) in [7, 11) is 0. The minimum absolute atomic E-state index is 0.380. The lowest BCUT2D eigenvalue weighted by atomic mass is 9.99. The number of fused-ring (bicyclic) bond motifs is 2. The van der Waals surface area contributed by atoms with Gasteiger partial charge in [-0.15, -0.1) is 0 Å². The summed E-state index contributed by atoms with van der Waals surface area (Å²) in [5.41, 5.74) is 26.7. The van der Waals surface area contributed by atoms with E-state index in [4.69, 9.17) is 17.2 Å². The van der Waals surface area contributed by atoms with Gasteiger partial charge >= 0.3 is 0 Å². The standard InChI is InChI=1S/C14H18N4S.C12H15N/c1-10(2)12-8-14(19-13(16)9-15)17-18(12)11-6-4-3-5-7-11;13-12-10-5-1-3-8(10)7-9-4-2-6-11(9)12/h3-10H,15-16H2,1-2H3;7H,1-6,13H2/b13-9+;. The zero-order valence-electron chi connectivity index (χ0n) is 19.0. The molecule has 0 aliphatic heterocycles. The molecule has 1 heterocycles. The summed E-state index contributed by atoms with van der Waals surface area (Å²) >= 11 is 1.37. The van der Waals surface area contributed by atoms with Gasteiger partial charge in [0, 0.05) is 17.6 Å². The van der Waals surface area contributed by atoms with Crippen molar-refractivity contribution < 1.29 is 0 Å². The lowest BCUT2D eigenvalue weighted by Crippen LogP contribution is -2.03. The summed E-state index contributed by atoms with van der Waals surface area (Å²) in [6.45, 7) is 4.29. The lowest BCUT2D eigenvalue weighted by Gasteiger charge is -2.10. The Bertz CT molecular complexity index is 1080. The summed E-state index contributed by atoms with van der Waals surface area (Å²) < 4.78 is 1.96. The quantitative estimate of drug-likeness (QED) is 0.384. The van der Waals surface area contributed by atoms with E-state index in [2.05, 4.69) is 31.1 Å². The molecule has 168 valence electrons. The average molecular weight is 448 g/mol. The number of anilines is 1. The SMILES string of the molecule is CC(C)c1cc(S/C(N)=C/N)nn1-c1ccccc1.Nc1c2c(cc3c1CCC3)CCC2. The molecule has 32 heavy (non-hydrogen) atoms. The van der Waals surface area contributed by atoms with Gasteiger partial charge in [0.05, 0.1) is 10.7 Å². The highest BCUT2D eigenvalue weighted by atomic mass is 32.2. The maximum Gasteiger partial charge on any atom is 0.125 e. The molecule has 5 nitrogen and oxygen atoms in total. The van der Waals surface area contributed by atoms with Crippen LogP contribution in [0.1, 0.15) is 60.6 Å². The fourth-order valence-electron chi connectivity index (χ4n) is 4.63. The largest absolute Gasteiger partial charge is 0.403 e. The van der Waals surface area contributed by atoms with Gasteiger partial charge in [0.15, 0.2) is 0 Å². The molecule has 0 bridgehead atoms. The van der Waals surface area contributed by atoms with Crippen LogP contribution in [0.3, 0.4) is 0 Å². The number of nitrogens with two attached hydrogens (primary N) is 3. The van der Waals surface area contributed by atoms with Crippen molar-refractivity contribution in [2.75, 3.05) is 5.73 Å². The number of benzene rings is 2. The number of nitrogen functional groups attached to an aromatic ring is 1. The number of hydrogen-bond donors (Lipinski definition) is 3. The van der Waals surface area contributed by atoms with Gasteiger partial charge in [0.2, 0.25) is 0 Å². The van der Waals surface area contributed by atoms with Crippen LogP contribution in [0, 0.1) is 0 Å². The molecule has 0 atom stereocenters. The van der Waals surface area contributed by atoms with Crippen molar-refractivity contribution in [1.82, 2.24) is 9.78 Å². The Labute approximate surface area is 195 Å². The Morgan fingerprint density at radius 1 is 1.00 bits per heavy atom. The zero-order chi connectivity index (χ0) is 22.7. The molecule has 2 aromatic carbocycles. The first-order valence-corrected chi connectivity index (χ1v) is 12.2. The van der Waals surface area contributed by atoms with E-state index in [1.807, 2.05) is 35.0 Å². The van der Waals surface area contributed by atoms with E-state index in [-0.39, 0.29) is 0 Å². The van der Waals surface area contributed by atoms with Crippen molar-refractivity contribution in [2.24, 2.45) is 11.5 Å². The van der Waals surface area contributed by atoms with Crippen LogP contribution in [0.15, 0.2) is 58.7 Å². The van der Waals surface area contributed by atoms with Gasteiger partial charge in [-0.05, 0) is 96.7 Å². The van der Waals surface area contributed by atoms with E-state index in [9.17, 15) is 0 Å². The van der Waals surface area contributed by atoms with Gasteiger partial charge in [-0.25, -0.2) is 4.68 Å². The Hall–Kier alpha value is -2.86. The predicted octanol–water partition coefficient (Wildman–Crippen LogP) is 5.05. The maximum absolute atomic E-state index is 6.19. The second kappa shape index (κ2) is 9.74. The molecule has 6 N–H and O–H groups in total. The molecule has 0 spiro atoms. The number of thioether (sulfide) groups is 1. The van der Waals surface area contributed by atoms with E-state index in [0.29, 0.717) is 10.9 Å². The fourth-order valence-corrected chi connectivity index (χ4v) is 5.24. The normalized spacial score (nSPS) is 14.8. The zero-order valence-corrected chi connectivity index (χ0v) is 19.8. The fraction of sp³-hybridized carbons (Fsp3) is 0.346. The minimum atomic E-state index is 0.380. The first kappa shape index (κ1) is 22.3. The molecule has 0 radical (unpaired) electrons. The average Bonchev–Trinajstić information content (AvgIpc) is 3.54. The number of para-hydroxylation sites is 1. The molecular formula is C26H33N5S. The molecule has 0 amide bonds. The summed E-state index contributed by atoms with van der Waals surface area (Å²) in [5.74, 6) is 0.380. The van der Waals surface area contributed by atoms with E-state index in [0.717, 1.165) is 22.1 Å². The molecule has 1 aromatic heterocycles. The summed E-state index contributed by atoms with van der Waals surface area (Å²) in [4.78, 5) is 0. The molecule has 5 rings (SSSR count). The predicted molar refractivity (Wildman–Crippen MR) is 135 cm³/mol. The highest BCUT2D eigenvalue weighted by molar-refractivity contribution is 8.02. The molecule has 0 saturated carbocycles. The van der Waals surface area contributed by atoms with Gasteiger partial charge in [-0.1, -0.05) is 38.1 Å². The molecule has 0 unspecified atom stereocenters. The second-order valence-corrected chi connectivity index (χ2v) is 9.85. The number of aromatic nitrogens is 2. The highest BCUT2D eigenvalue weighted by Gasteiger charge is 2.21. The van der Waals surface area contributed by atoms with E-state index < -0.39 is 0 Å². The van der Waals surface area contributed by atoms with Crippen molar-refractivity contribution in [2.45, 2.75) is 63.3 Å². The Balaban J connectivity index is 0.000000163. The third-order valence-corrected chi connectivity index (χ3v) is 6.99. The van der Waals surface area contributed by atoms with Gasteiger partial charge in [-0.3, -0.25) is 0 Å². The van der Waals surface area contributed by atoms with Crippen LogP contribution in [0.5, 0.6) is 0 Å². The second-order valence-electron chi connectivity index (χ2n) is 8.75. The molecule has 0 fully saturated rings. The van der Waals surface area contributed by atoms with Crippen LogP contribution >= 0.6 is 11.8 Å². The number of rotatable bonds is 4. The monoisotopic (exact) mass is 447 g/mol. The van der Waals surface area contributed by atoms with E-state index in [1.165, 1.54) is 78.7 Å². The molecule has 2 aliphatic rings. The third kappa shape index (κ3) is 4.65. The maximum atomic E-state index is 6.19. The van der Waals surface area contributed by atoms with Crippen molar-refractivity contribution in [3.63, 3.8) is 0 Å². The lowest BCUT2D eigenvalue weighted by molar-refractivity contribution is 0.725. The smallest absolute Gasteiger partial charge is 0.125 e. The number of aryl methyl sites for hydroxylation is 2. The van der Waals surface area contributed by atoms with Gasteiger partial charge in [-0.2, -0.15) is 5.10 Å². The van der Waals surface area contributed by atoms with E-state index >= 15 is 0 Å². The Morgan fingerprint density at radius 3 is 2.19 bits per heavy atom. The molecule has 0 saturated heterocycles. The molecule has 2 aliphatic carbocycles. The first-order chi connectivity index (χ1) is 15.5.